The van der Waals surface area contributed by atoms with E-state index in [1.54, 1.807) is 0 Å². The average Bonchev–Trinajstić information content (AvgIpc) is 3.12. The van der Waals surface area contributed by atoms with Crippen LogP contribution in [0.2, 0.25) is 0 Å². The molecule has 1 aromatic carbocycles. The lowest BCUT2D eigenvalue weighted by atomic mass is 10.00. The Kier molecular flexibility index (Phi) is 3.72. The fraction of sp³-hybridized carbons (Fsp3) is 0.238. The van der Waals surface area contributed by atoms with Crippen molar-refractivity contribution >= 4 is 22.1 Å². The van der Waals surface area contributed by atoms with Crippen LogP contribution in [0, 0.1) is 13.8 Å². The number of aromatic nitrogens is 5. The van der Waals surface area contributed by atoms with Crippen molar-refractivity contribution in [2.75, 3.05) is 13.1 Å². The van der Waals surface area contributed by atoms with Crippen molar-refractivity contribution in [1.82, 2.24) is 29.9 Å². The summed E-state index contributed by atoms with van der Waals surface area (Å²) in [4.78, 5) is 9.27. The first-order valence-corrected chi connectivity index (χ1v) is 9.18. The molecule has 134 valence electrons. The van der Waals surface area contributed by atoms with Crippen LogP contribution in [0.5, 0.6) is 0 Å². The highest BCUT2D eigenvalue weighted by atomic mass is 15.2. The molecule has 1 N–H and O–H groups in total. The van der Waals surface area contributed by atoms with Gasteiger partial charge in [0.15, 0.2) is 5.82 Å². The summed E-state index contributed by atoms with van der Waals surface area (Å²) < 4.78 is 2.08. The van der Waals surface area contributed by atoms with Crippen molar-refractivity contribution < 1.29 is 0 Å². The predicted octanol–water partition coefficient (Wildman–Crippen LogP) is 3.33. The van der Waals surface area contributed by atoms with Crippen LogP contribution in [0.4, 0.5) is 0 Å². The minimum atomic E-state index is 0.636. The van der Waals surface area contributed by atoms with E-state index >= 15 is 0 Å². The van der Waals surface area contributed by atoms with E-state index in [4.69, 9.17) is 4.98 Å². The molecule has 4 aromatic rings. The predicted molar refractivity (Wildman–Crippen MR) is 106 cm³/mol. The Morgan fingerprint density at radius 1 is 0.963 bits per heavy atom. The van der Waals surface area contributed by atoms with Gasteiger partial charge in [0, 0.05) is 24.5 Å². The van der Waals surface area contributed by atoms with Gasteiger partial charge in [0.1, 0.15) is 5.52 Å². The van der Waals surface area contributed by atoms with Crippen molar-refractivity contribution in [3.8, 4) is 11.4 Å². The van der Waals surface area contributed by atoms with Gasteiger partial charge in [-0.15, -0.1) is 10.2 Å². The van der Waals surface area contributed by atoms with Crippen molar-refractivity contribution in [2.45, 2.75) is 20.3 Å². The first kappa shape index (κ1) is 16.1. The van der Waals surface area contributed by atoms with E-state index in [0.717, 1.165) is 53.0 Å². The topological polar surface area (TPSA) is 68.0 Å². The summed E-state index contributed by atoms with van der Waals surface area (Å²) in [6.07, 6.45) is 7.33. The summed E-state index contributed by atoms with van der Waals surface area (Å²) in [5, 5.41) is 12.2. The molecule has 3 aromatic heterocycles. The van der Waals surface area contributed by atoms with Gasteiger partial charge in [0.2, 0.25) is 0 Å². The quantitative estimate of drug-likeness (QED) is 0.597. The SMILES string of the molecule is Cc1cn2cc(-c3nnc4cc(C5=CCNCC5)ccc4n3)cc2c(C)n1. The smallest absolute Gasteiger partial charge is 0.183 e. The number of fused-ring (bicyclic) bond motifs is 2. The Bertz CT molecular complexity index is 1200. The Labute approximate surface area is 157 Å². The van der Waals surface area contributed by atoms with Gasteiger partial charge in [0.05, 0.1) is 22.4 Å². The second-order valence-corrected chi connectivity index (χ2v) is 7.01. The number of aryl methyl sites for hydroxylation is 2. The zero-order valence-corrected chi connectivity index (χ0v) is 15.4. The van der Waals surface area contributed by atoms with Gasteiger partial charge in [-0.25, -0.2) is 4.98 Å². The summed E-state index contributed by atoms with van der Waals surface area (Å²) in [6.45, 7) is 5.95. The highest BCUT2D eigenvalue weighted by Crippen LogP contribution is 2.25. The molecule has 6 nitrogen and oxygen atoms in total. The fourth-order valence-electron chi connectivity index (χ4n) is 3.69. The van der Waals surface area contributed by atoms with Crippen LogP contribution >= 0.6 is 0 Å². The van der Waals surface area contributed by atoms with Crippen LogP contribution in [0.25, 0.3) is 33.5 Å². The molecule has 27 heavy (non-hydrogen) atoms. The Morgan fingerprint density at radius 2 is 1.89 bits per heavy atom. The minimum absolute atomic E-state index is 0.636. The van der Waals surface area contributed by atoms with E-state index in [2.05, 4.69) is 49.2 Å². The molecule has 0 unspecified atom stereocenters. The Balaban J connectivity index is 1.56. The molecule has 0 spiro atoms. The molecule has 0 aliphatic carbocycles. The van der Waals surface area contributed by atoms with E-state index in [0.29, 0.717) is 5.82 Å². The molecular weight excluding hydrogens is 336 g/mol. The number of nitrogens with one attached hydrogen (secondary N) is 1. The van der Waals surface area contributed by atoms with Crippen LogP contribution in [0.1, 0.15) is 23.4 Å². The standard InChI is InChI=1S/C21H20N6/c1-13-11-27-12-17(10-20(27)14(2)23-13)21-24-18-4-3-16(9-19(18)25-26-21)15-5-7-22-8-6-15/h3-5,9-12,22H,6-8H2,1-2H3. The lowest BCUT2D eigenvalue weighted by Crippen LogP contribution is -2.20. The molecule has 0 saturated carbocycles. The third kappa shape index (κ3) is 2.88. The van der Waals surface area contributed by atoms with Gasteiger partial charge >= 0.3 is 0 Å². The molecular formula is C21H20N6. The second-order valence-electron chi connectivity index (χ2n) is 7.01. The van der Waals surface area contributed by atoms with Crippen molar-refractivity contribution in [2.24, 2.45) is 0 Å². The van der Waals surface area contributed by atoms with E-state index in [1.165, 1.54) is 11.1 Å². The maximum atomic E-state index is 4.74. The summed E-state index contributed by atoms with van der Waals surface area (Å²) in [6, 6.07) is 8.33. The average molecular weight is 356 g/mol. The molecule has 0 bridgehead atoms. The van der Waals surface area contributed by atoms with Gasteiger partial charge in [0.25, 0.3) is 0 Å². The van der Waals surface area contributed by atoms with Gasteiger partial charge in [-0.3, -0.25) is 4.98 Å². The maximum Gasteiger partial charge on any atom is 0.183 e. The lowest BCUT2D eigenvalue weighted by Gasteiger charge is -2.14. The molecule has 1 aliphatic heterocycles. The molecule has 1 aliphatic rings. The molecule has 0 radical (unpaired) electrons. The number of nitrogens with zero attached hydrogens (tertiary/aromatic N) is 5. The van der Waals surface area contributed by atoms with Crippen molar-refractivity contribution in [3.05, 3.63) is 59.7 Å². The molecule has 5 rings (SSSR count). The third-order valence-electron chi connectivity index (χ3n) is 5.04. The third-order valence-corrected chi connectivity index (χ3v) is 5.04. The minimum Gasteiger partial charge on any atom is -0.320 e. The summed E-state index contributed by atoms with van der Waals surface area (Å²) in [5.41, 5.74) is 8.25. The normalized spacial score (nSPS) is 14.7. The summed E-state index contributed by atoms with van der Waals surface area (Å²) in [5.74, 6) is 0.636. The van der Waals surface area contributed by atoms with Crippen LogP contribution in [0.15, 0.2) is 42.7 Å². The van der Waals surface area contributed by atoms with Crippen molar-refractivity contribution in [3.63, 3.8) is 0 Å². The number of rotatable bonds is 2. The maximum absolute atomic E-state index is 4.74. The molecule has 4 heterocycles. The summed E-state index contributed by atoms with van der Waals surface area (Å²) in [7, 11) is 0. The van der Waals surface area contributed by atoms with Gasteiger partial charge in [-0.1, -0.05) is 12.1 Å². The highest BCUT2D eigenvalue weighted by molar-refractivity contribution is 5.81. The summed E-state index contributed by atoms with van der Waals surface area (Å²) >= 11 is 0. The first-order valence-electron chi connectivity index (χ1n) is 9.18. The first-order chi connectivity index (χ1) is 13.2. The van der Waals surface area contributed by atoms with Gasteiger partial charge in [-0.05, 0) is 56.1 Å². The molecule has 0 fully saturated rings. The van der Waals surface area contributed by atoms with E-state index < -0.39 is 0 Å². The van der Waals surface area contributed by atoms with E-state index in [9.17, 15) is 0 Å². The van der Waals surface area contributed by atoms with E-state index in [-0.39, 0.29) is 0 Å². The van der Waals surface area contributed by atoms with Crippen molar-refractivity contribution in [1.29, 1.82) is 0 Å². The highest BCUT2D eigenvalue weighted by Gasteiger charge is 2.12. The zero-order valence-electron chi connectivity index (χ0n) is 15.4. The monoisotopic (exact) mass is 356 g/mol. The molecule has 0 saturated heterocycles. The second kappa shape index (κ2) is 6.25. The fourth-order valence-corrected chi connectivity index (χ4v) is 3.69. The zero-order chi connectivity index (χ0) is 18.4. The van der Waals surface area contributed by atoms with E-state index in [1.807, 2.05) is 32.3 Å². The number of hydrogen-bond donors (Lipinski definition) is 1. The number of hydrogen-bond acceptors (Lipinski definition) is 5. The Morgan fingerprint density at radius 3 is 2.74 bits per heavy atom. The van der Waals surface area contributed by atoms with Crippen LogP contribution < -0.4 is 5.32 Å². The van der Waals surface area contributed by atoms with Crippen LogP contribution in [-0.2, 0) is 0 Å². The molecule has 6 heteroatoms. The van der Waals surface area contributed by atoms with Gasteiger partial charge in [-0.2, -0.15) is 0 Å². The van der Waals surface area contributed by atoms with Crippen LogP contribution in [-0.4, -0.2) is 37.7 Å². The number of benzene rings is 1. The van der Waals surface area contributed by atoms with Crippen LogP contribution in [0.3, 0.4) is 0 Å². The largest absolute Gasteiger partial charge is 0.320 e. The Hall–Kier alpha value is -3.12. The lowest BCUT2D eigenvalue weighted by molar-refractivity contribution is 0.738. The molecule has 0 atom stereocenters. The van der Waals surface area contributed by atoms with Gasteiger partial charge < -0.3 is 9.72 Å². The molecule has 0 amide bonds.